The summed E-state index contributed by atoms with van der Waals surface area (Å²) in [5, 5.41) is 1.30. The van der Waals surface area contributed by atoms with Crippen molar-refractivity contribution in [2.45, 2.75) is 12.3 Å². The van der Waals surface area contributed by atoms with E-state index >= 15 is 0 Å². The van der Waals surface area contributed by atoms with Crippen LogP contribution in [0.3, 0.4) is 0 Å². The second kappa shape index (κ2) is 7.14. The van der Waals surface area contributed by atoms with Crippen LogP contribution in [0, 0.1) is 12.7 Å². The molecule has 1 amide bonds. The number of carbonyl (C=O) groups is 2. The lowest BCUT2D eigenvalue weighted by molar-refractivity contribution is -0.126. The molecule has 1 fully saturated rings. The number of amides is 1. The van der Waals surface area contributed by atoms with Gasteiger partial charge in [-0.05, 0) is 48.4 Å². The van der Waals surface area contributed by atoms with E-state index in [0.29, 0.717) is 11.3 Å². The van der Waals surface area contributed by atoms with Gasteiger partial charge in [-0.1, -0.05) is 12.1 Å². The predicted octanol–water partition coefficient (Wildman–Crippen LogP) is 3.52. The third-order valence-electron chi connectivity index (χ3n) is 3.91. The first-order valence-electron chi connectivity index (χ1n) is 7.64. The van der Waals surface area contributed by atoms with Gasteiger partial charge in [-0.3, -0.25) is 10.2 Å². The molecule has 2 aromatic rings. The van der Waals surface area contributed by atoms with E-state index in [2.05, 4.69) is 5.43 Å². The number of nitrogens with one attached hydrogen (secondary N) is 1. The Balaban J connectivity index is 1.83. The fraction of sp³-hybridized carbons (Fsp3) is 0.222. The molecule has 2 aromatic carbocycles. The van der Waals surface area contributed by atoms with Crippen molar-refractivity contribution in [3.05, 3.63) is 65.0 Å². The molecule has 1 aliphatic rings. The van der Waals surface area contributed by atoms with Crippen LogP contribution in [0.15, 0.2) is 42.5 Å². The van der Waals surface area contributed by atoms with Crippen molar-refractivity contribution in [2.24, 2.45) is 0 Å². The average molecular weight is 360 g/mol. The Kier molecular flexibility index (Phi) is 4.94. The number of hydrazine groups is 1. The first-order chi connectivity index (χ1) is 12.0. The monoisotopic (exact) mass is 360 g/mol. The van der Waals surface area contributed by atoms with Crippen molar-refractivity contribution in [2.75, 3.05) is 18.3 Å². The molecule has 0 saturated carbocycles. The Hall–Kier alpha value is -2.54. The molecular weight excluding hydrogens is 343 g/mol. The second-order valence-corrected chi connectivity index (χ2v) is 6.68. The van der Waals surface area contributed by atoms with E-state index in [9.17, 15) is 14.0 Å². The molecule has 7 heteroatoms. The third kappa shape index (κ3) is 3.61. The normalized spacial score (nSPS) is 16.8. The minimum Gasteiger partial charge on any atom is -0.465 e. The summed E-state index contributed by atoms with van der Waals surface area (Å²) in [5.41, 5.74) is 5.94. The highest BCUT2D eigenvalue weighted by molar-refractivity contribution is 8.00. The summed E-state index contributed by atoms with van der Waals surface area (Å²) in [5.74, 6) is -0.442. The number of thioether (sulfide) groups is 1. The molecule has 1 heterocycles. The average Bonchev–Trinajstić information content (AvgIpc) is 2.97. The minimum absolute atomic E-state index is 0.0595. The topological polar surface area (TPSA) is 58.6 Å². The van der Waals surface area contributed by atoms with Gasteiger partial charge in [0.1, 0.15) is 11.2 Å². The quantitative estimate of drug-likeness (QED) is 0.846. The third-order valence-corrected chi connectivity index (χ3v) is 5.12. The number of hydrogen-bond donors (Lipinski definition) is 1. The first-order valence-corrected chi connectivity index (χ1v) is 8.69. The number of halogens is 1. The lowest BCUT2D eigenvalue weighted by Gasteiger charge is -2.26. The first kappa shape index (κ1) is 17.3. The van der Waals surface area contributed by atoms with Gasteiger partial charge in [-0.2, -0.15) is 0 Å². The SMILES string of the molecule is COC(=O)c1ccc(NN2C(=O)CSC2c2ccc(F)cc2)c(C)c1. The van der Waals surface area contributed by atoms with Crippen LogP contribution in [0.1, 0.15) is 26.9 Å². The molecule has 5 nitrogen and oxygen atoms in total. The van der Waals surface area contributed by atoms with Gasteiger partial charge in [0.15, 0.2) is 0 Å². The molecule has 0 spiro atoms. The van der Waals surface area contributed by atoms with Crippen molar-refractivity contribution < 1.29 is 18.7 Å². The Morgan fingerprint density at radius 3 is 2.64 bits per heavy atom. The maximum atomic E-state index is 13.1. The maximum Gasteiger partial charge on any atom is 0.337 e. The van der Waals surface area contributed by atoms with E-state index in [0.717, 1.165) is 16.8 Å². The molecule has 1 N–H and O–H groups in total. The van der Waals surface area contributed by atoms with Crippen molar-refractivity contribution in [3.8, 4) is 0 Å². The van der Waals surface area contributed by atoms with Gasteiger partial charge >= 0.3 is 5.97 Å². The van der Waals surface area contributed by atoms with E-state index < -0.39 is 5.97 Å². The molecular formula is C18H17FN2O3S. The second-order valence-electron chi connectivity index (χ2n) is 5.61. The number of methoxy groups -OCH3 is 1. The number of carbonyl (C=O) groups excluding carboxylic acids is 2. The minimum atomic E-state index is -0.411. The van der Waals surface area contributed by atoms with Crippen LogP contribution in [0.4, 0.5) is 10.1 Å². The van der Waals surface area contributed by atoms with E-state index in [1.807, 2.05) is 6.92 Å². The highest BCUT2D eigenvalue weighted by Gasteiger charge is 2.33. The molecule has 1 aliphatic heterocycles. The number of esters is 1. The fourth-order valence-corrected chi connectivity index (χ4v) is 3.69. The van der Waals surface area contributed by atoms with Gasteiger partial charge in [0.2, 0.25) is 0 Å². The summed E-state index contributed by atoms with van der Waals surface area (Å²) in [6, 6.07) is 11.2. The zero-order valence-electron chi connectivity index (χ0n) is 13.8. The summed E-state index contributed by atoms with van der Waals surface area (Å²) < 4.78 is 17.8. The van der Waals surface area contributed by atoms with E-state index in [1.165, 1.54) is 36.0 Å². The number of benzene rings is 2. The molecule has 1 saturated heterocycles. The van der Waals surface area contributed by atoms with Gasteiger partial charge in [-0.25, -0.2) is 14.2 Å². The molecule has 0 radical (unpaired) electrons. The summed E-state index contributed by atoms with van der Waals surface area (Å²) >= 11 is 1.47. The highest BCUT2D eigenvalue weighted by Crippen LogP contribution is 2.38. The largest absolute Gasteiger partial charge is 0.465 e. The Morgan fingerprint density at radius 2 is 2.00 bits per heavy atom. The molecule has 3 rings (SSSR count). The van der Waals surface area contributed by atoms with E-state index in [-0.39, 0.29) is 17.1 Å². The lowest BCUT2D eigenvalue weighted by Crippen LogP contribution is -2.34. The fourth-order valence-electron chi connectivity index (χ4n) is 2.58. The highest BCUT2D eigenvalue weighted by atomic mass is 32.2. The Labute approximate surface area is 149 Å². The molecule has 25 heavy (non-hydrogen) atoms. The summed E-state index contributed by atoms with van der Waals surface area (Å²) in [4.78, 5) is 23.9. The zero-order valence-corrected chi connectivity index (χ0v) is 14.6. The van der Waals surface area contributed by atoms with Gasteiger partial charge in [0, 0.05) is 0 Å². The Morgan fingerprint density at radius 1 is 1.28 bits per heavy atom. The molecule has 1 unspecified atom stereocenters. The number of hydrogen-bond acceptors (Lipinski definition) is 5. The van der Waals surface area contributed by atoms with Crippen molar-refractivity contribution >= 4 is 29.3 Å². The molecule has 0 aliphatic carbocycles. The van der Waals surface area contributed by atoms with Crippen LogP contribution >= 0.6 is 11.8 Å². The number of ether oxygens (including phenoxy) is 1. The molecule has 0 bridgehead atoms. The molecule has 1 atom stereocenters. The summed E-state index contributed by atoms with van der Waals surface area (Å²) in [6.07, 6.45) is 0. The van der Waals surface area contributed by atoms with Crippen molar-refractivity contribution in [3.63, 3.8) is 0 Å². The van der Waals surface area contributed by atoms with Crippen LogP contribution in [0.2, 0.25) is 0 Å². The smallest absolute Gasteiger partial charge is 0.337 e. The van der Waals surface area contributed by atoms with Crippen LogP contribution in [-0.2, 0) is 9.53 Å². The van der Waals surface area contributed by atoms with Crippen molar-refractivity contribution in [1.82, 2.24) is 5.01 Å². The van der Waals surface area contributed by atoms with Crippen LogP contribution in [-0.4, -0.2) is 29.7 Å². The summed E-state index contributed by atoms with van der Waals surface area (Å²) in [7, 11) is 1.33. The van der Waals surface area contributed by atoms with Crippen LogP contribution in [0.5, 0.6) is 0 Å². The number of anilines is 1. The van der Waals surface area contributed by atoms with Gasteiger partial charge < -0.3 is 4.74 Å². The van der Waals surface area contributed by atoms with Gasteiger partial charge in [0.25, 0.3) is 5.91 Å². The summed E-state index contributed by atoms with van der Waals surface area (Å²) in [6.45, 7) is 1.84. The standard InChI is InChI=1S/C18H17FN2O3S/c1-11-9-13(18(23)24-2)5-8-15(11)20-21-16(22)10-25-17(21)12-3-6-14(19)7-4-12/h3-9,17,20H,10H2,1-2H3. The van der Waals surface area contributed by atoms with E-state index in [1.54, 1.807) is 30.3 Å². The van der Waals surface area contributed by atoms with Gasteiger partial charge in [-0.15, -0.1) is 11.8 Å². The molecule has 130 valence electrons. The van der Waals surface area contributed by atoms with Crippen molar-refractivity contribution in [1.29, 1.82) is 0 Å². The molecule has 0 aromatic heterocycles. The van der Waals surface area contributed by atoms with Gasteiger partial charge in [0.05, 0.1) is 24.1 Å². The number of nitrogens with zero attached hydrogens (tertiary/aromatic N) is 1. The lowest BCUT2D eigenvalue weighted by atomic mass is 10.1. The zero-order chi connectivity index (χ0) is 18.0. The maximum absolute atomic E-state index is 13.1. The Bertz CT molecular complexity index is 810. The number of aryl methyl sites for hydroxylation is 1. The van der Waals surface area contributed by atoms with Crippen LogP contribution < -0.4 is 5.43 Å². The van der Waals surface area contributed by atoms with E-state index in [4.69, 9.17) is 4.74 Å². The number of rotatable bonds is 4. The predicted molar refractivity (Wildman–Crippen MR) is 94.6 cm³/mol. The van der Waals surface area contributed by atoms with Crippen LogP contribution in [0.25, 0.3) is 0 Å².